The fourth-order valence-corrected chi connectivity index (χ4v) is 7.81. The summed E-state index contributed by atoms with van der Waals surface area (Å²) in [6.07, 6.45) is -5.62. The fraction of sp³-hybridized carbons (Fsp3) is 0.650. The summed E-state index contributed by atoms with van der Waals surface area (Å²) in [5.41, 5.74) is 11.3. The van der Waals surface area contributed by atoms with E-state index in [-0.39, 0.29) is 61.8 Å². The molecule has 66 heavy (non-hydrogen) atoms. The molecule has 2 saturated heterocycles. The minimum Gasteiger partial charge on any atom is -0.506 e. The van der Waals surface area contributed by atoms with E-state index in [4.69, 9.17) is 32.4 Å². The number of ether oxygens (including phenoxy) is 1. The highest BCUT2D eigenvalue weighted by atomic mass is 35.5. The zero-order valence-electron chi connectivity index (χ0n) is 37.5. The molecule has 12 N–H and O–H groups in total. The standard InChI is InChI=1S/C40H62ClN9O15S/c1-7-19(3)30-39(60)65-21(5)31(48-35(56)28(52)18-64-66(61,62)63)36(57)45-24(10-9-15-44-40(42)43)33(54)46-25-12-14-29(53)50(37(25)58)32(20(4)8-2)38(59)49(6)26(34(55)47-30)17-22-11-13-27(51)23(41)16-22/h11,13,16,19-21,24-26,28-32,51-53H,7-10,12,14-15,17-18H2,1-6H3,(H,45,57)(H,46,54)(H,47,55)(H,48,56)(H4,42,43,44)(H,61,62,63)/t19?,20?,21-,24+,25-,26+,28-,29-,30+,31+,32+/m1/s1. The van der Waals surface area contributed by atoms with Gasteiger partial charge >= 0.3 is 16.4 Å². The Kier molecular flexibility index (Phi) is 20.4. The van der Waals surface area contributed by atoms with Gasteiger partial charge in [-0.15, -0.1) is 0 Å². The first-order valence-corrected chi connectivity index (χ1v) is 23.1. The van der Waals surface area contributed by atoms with E-state index in [2.05, 4.69) is 30.4 Å². The first-order chi connectivity index (χ1) is 30.8. The van der Waals surface area contributed by atoms with Crippen molar-refractivity contribution in [3.8, 4) is 5.75 Å². The molecule has 2 aliphatic heterocycles. The van der Waals surface area contributed by atoms with Gasteiger partial charge in [0.05, 0.1) is 5.02 Å². The van der Waals surface area contributed by atoms with Gasteiger partial charge in [0, 0.05) is 20.0 Å². The molecule has 0 aromatic heterocycles. The van der Waals surface area contributed by atoms with Gasteiger partial charge in [0.25, 0.3) is 5.91 Å². The van der Waals surface area contributed by atoms with E-state index in [0.717, 1.165) is 16.7 Å². The molecule has 1 aromatic carbocycles. The molecule has 0 radical (unpaired) electrons. The van der Waals surface area contributed by atoms with Gasteiger partial charge in [-0.2, -0.15) is 8.42 Å². The van der Waals surface area contributed by atoms with Crippen LogP contribution in [0.1, 0.15) is 78.7 Å². The number of guanidine groups is 1. The Bertz CT molecular complexity index is 2080. The third-order valence-electron chi connectivity index (χ3n) is 11.6. The van der Waals surface area contributed by atoms with Crippen molar-refractivity contribution in [2.45, 2.75) is 134 Å². The van der Waals surface area contributed by atoms with Crippen LogP contribution in [-0.2, 0) is 59.3 Å². The van der Waals surface area contributed by atoms with E-state index in [0.29, 0.717) is 12.0 Å². The SMILES string of the molecule is CCC(C)[C@@H]1NC(=O)[C@H](Cc2ccc(O)c(Cl)c2)N(C)C(=O)[C@H](C(C)CC)N2C(=O)[C@@H](CC[C@H]2O)NC(=O)[C@H](CCCN=C(N)N)NC(=O)[C@@H](NC(=O)[C@H](O)COS(=O)(=O)O)[C@@H](C)OC1=O. The van der Waals surface area contributed by atoms with Gasteiger partial charge in [-0.25, -0.2) is 8.98 Å². The number of phenols is 1. The van der Waals surface area contributed by atoms with E-state index in [9.17, 15) is 57.3 Å². The van der Waals surface area contributed by atoms with Crippen molar-refractivity contribution in [2.75, 3.05) is 20.2 Å². The Morgan fingerprint density at radius 1 is 1.02 bits per heavy atom. The average Bonchev–Trinajstić information content (AvgIpc) is 3.25. The fourth-order valence-electron chi connectivity index (χ4n) is 7.31. The summed E-state index contributed by atoms with van der Waals surface area (Å²) in [7, 11) is -3.83. The summed E-state index contributed by atoms with van der Waals surface area (Å²) in [6, 6.07) is -5.13. The molecule has 6 amide bonds. The number of rotatable bonds is 15. The van der Waals surface area contributed by atoms with Crippen LogP contribution >= 0.6 is 11.6 Å². The van der Waals surface area contributed by atoms with Crippen LogP contribution in [-0.4, -0.2) is 160 Å². The molecule has 2 bridgehead atoms. The highest BCUT2D eigenvalue weighted by Gasteiger charge is 2.47. The molecule has 3 rings (SSSR count). The van der Waals surface area contributed by atoms with Gasteiger partial charge < -0.3 is 62.6 Å². The molecule has 2 fully saturated rings. The zero-order valence-corrected chi connectivity index (χ0v) is 39.1. The number of esters is 1. The number of cyclic esters (lactones) is 1. The topological polar surface area (TPSA) is 372 Å². The summed E-state index contributed by atoms with van der Waals surface area (Å²) in [4.78, 5) is 105. The molecule has 2 unspecified atom stereocenters. The number of amides is 6. The van der Waals surface area contributed by atoms with Crippen molar-refractivity contribution in [1.29, 1.82) is 0 Å². The molecule has 11 atom stereocenters. The maximum Gasteiger partial charge on any atom is 0.397 e. The summed E-state index contributed by atoms with van der Waals surface area (Å²) in [6.45, 7) is 6.53. The summed E-state index contributed by atoms with van der Waals surface area (Å²) in [5, 5.41) is 41.7. The second-order valence-corrected chi connectivity index (χ2v) is 17.9. The summed E-state index contributed by atoms with van der Waals surface area (Å²) >= 11 is 6.22. The number of carbonyl (C=O) groups is 7. The Morgan fingerprint density at radius 2 is 1.67 bits per heavy atom. The molecule has 1 aromatic rings. The molecule has 0 aliphatic carbocycles. The number of carbonyl (C=O) groups excluding carboxylic acids is 7. The summed E-state index contributed by atoms with van der Waals surface area (Å²) in [5.74, 6) is -9.14. The number of benzene rings is 1. The lowest BCUT2D eigenvalue weighted by Gasteiger charge is -2.44. The second-order valence-electron chi connectivity index (χ2n) is 16.4. The first kappa shape index (κ1) is 55.0. The third kappa shape index (κ3) is 15.1. The molecule has 2 aliphatic rings. The minimum absolute atomic E-state index is 0.0336. The molecular weight excluding hydrogens is 914 g/mol. The Balaban J connectivity index is 2.26. The van der Waals surface area contributed by atoms with E-state index in [1.54, 1.807) is 27.7 Å². The van der Waals surface area contributed by atoms with Gasteiger partial charge in [-0.05, 0) is 62.1 Å². The smallest absolute Gasteiger partial charge is 0.397 e. The number of nitrogens with zero attached hydrogens (tertiary/aromatic N) is 3. The van der Waals surface area contributed by atoms with Crippen molar-refractivity contribution in [1.82, 2.24) is 31.1 Å². The number of nitrogens with one attached hydrogen (secondary N) is 4. The second kappa shape index (κ2) is 24.4. The first-order valence-electron chi connectivity index (χ1n) is 21.3. The monoisotopic (exact) mass is 975 g/mol. The number of halogens is 1. The lowest BCUT2D eigenvalue weighted by Crippen LogP contribution is -2.66. The van der Waals surface area contributed by atoms with Gasteiger partial charge in [-0.1, -0.05) is 58.2 Å². The maximum atomic E-state index is 14.8. The number of aliphatic hydroxyl groups excluding tert-OH is 2. The van der Waals surface area contributed by atoms with E-state index < -0.39 is 125 Å². The van der Waals surface area contributed by atoms with Gasteiger partial charge in [0.15, 0.2) is 12.1 Å². The van der Waals surface area contributed by atoms with Crippen LogP contribution < -0.4 is 32.7 Å². The van der Waals surface area contributed by atoms with E-state index >= 15 is 0 Å². The molecular formula is C40H62ClN9O15S. The van der Waals surface area contributed by atoms with Crippen LogP contribution in [0.5, 0.6) is 5.75 Å². The van der Waals surface area contributed by atoms with Crippen molar-refractivity contribution in [3.63, 3.8) is 0 Å². The van der Waals surface area contributed by atoms with Crippen LogP contribution in [0.2, 0.25) is 5.02 Å². The number of hydrogen-bond acceptors (Lipinski definition) is 15. The number of phenolic OH excluding ortho intramolecular Hbond substituents is 1. The lowest BCUT2D eigenvalue weighted by atomic mass is 9.91. The number of nitrogens with two attached hydrogens (primary N) is 2. The normalized spacial score (nSPS) is 26.6. The van der Waals surface area contributed by atoms with Gasteiger partial charge in [0.1, 0.15) is 60.9 Å². The van der Waals surface area contributed by atoms with Gasteiger partial charge in [-0.3, -0.25) is 38.3 Å². The molecule has 370 valence electrons. The molecule has 0 spiro atoms. The van der Waals surface area contributed by atoms with Crippen LogP contribution in [0.25, 0.3) is 0 Å². The van der Waals surface area contributed by atoms with Gasteiger partial charge in [0.2, 0.25) is 29.5 Å². The highest BCUT2D eigenvalue weighted by molar-refractivity contribution is 7.80. The number of hydrogen-bond donors (Lipinski definition) is 10. The quantitative estimate of drug-likeness (QED) is 0.0297. The molecule has 2 heterocycles. The number of aromatic hydroxyl groups is 1. The number of aliphatic hydroxyl groups is 2. The molecule has 0 saturated carbocycles. The minimum atomic E-state index is -5.14. The highest BCUT2D eigenvalue weighted by Crippen LogP contribution is 2.29. The van der Waals surface area contributed by atoms with Crippen LogP contribution in [0, 0.1) is 11.8 Å². The number of aliphatic imine (C=N–C) groups is 1. The Morgan fingerprint density at radius 3 is 2.26 bits per heavy atom. The van der Waals surface area contributed by atoms with Crippen LogP contribution in [0.3, 0.4) is 0 Å². The van der Waals surface area contributed by atoms with Crippen LogP contribution in [0.4, 0.5) is 0 Å². The van der Waals surface area contributed by atoms with E-state index in [1.807, 2.05) is 0 Å². The lowest BCUT2D eigenvalue weighted by molar-refractivity contribution is -0.168. The van der Waals surface area contributed by atoms with E-state index in [1.165, 1.54) is 25.2 Å². The molecule has 26 heteroatoms. The Hall–Kier alpha value is -5.34. The predicted molar refractivity (Wildman–Crippen MR) is 235 cm³/mol. The third-order valence-corrected chi connectivity index (χ3v) is 12.3. The summed E-state index contributed by atoms with van der Waals surface area (Å²) < 4.78 is 41.1. The maximum absolute atomic E-state index is 14.8. The van der Waals surface area contributed by atoms with Crippen molar-refractivity contribution in [3.05, 3.63) is 28.8 Å². The van der Waals surface area contributed by atoms with Crippen molar-refractivity contribution < 1.29 is 70.8 Å². The zero-order chi connectivity index (χ0) is 49.8. The number of fused-ring (bicyclic) bond motifs is 2. The predicted octanol–water partition coefficient (Wildman–Crippen LogP) is -2.06. The van der Waals surface area contributed by atoms with Crippen molar-refractivity contribution >= 4 is 69.4 Å². The average molecular weight is 977 g/mol. The largest absolute Gasteiger partial charge is 0.506 e. The Labute approximate surface area is 387 Å². The number of likely N-dealkylation sites (N-methyl/N-ethyl adjacent to an activating group) is 1. The van der Waals surface area contributed by atoms with Crippen molar-refractivity contribution in [2.24, 2.45) is 28.3 Å². The van der Waals surface area contributed by atoms with Crippen LogP contribution in [0.15, 0.2) is 23.2 Å². The number of piperidine rings is 1. The molecule has 24 nitrogen and oxygen atoms in total.